The maximum Gasteiger partial charge on any atom is 0.410 e. The van der Waals surface area contributed by atoms with Crippen molar-refractivity contribution in [2.75, 3.05) is 13.1 Å². The maximum atomic E-state index is 12.3. The Labute approximate surface area is 147 Å². The third kappa shape index (κ3) is 5.50. The highest BCUT2D eigenvalue weighted by Crippen LogP contribution is 2.22. The second kappa shape index (κ2) is 7.67. The molecule has 1 N–H and O–H groups in total. The van der Waals surface area contributed by atoms with Gasteiger partial charge in [0.1, 0.15) is 5.60 Å². The fourth-order valence-electron chi connectivity index (χ4n) is 2.82. The monoisotopic (exact) mass is 382 g/mol. The minimum Gasteiger partial charge on any atom is -0.444 e. The molecule has 5 heteroatoms. The lowest BCUT2D eigenvalue weighted by Gasteiger charge is -2.29. The number of hydrogen-bond donors (Lipinski definition) is 1. The molecule has 0 bridgehead atoms. The van der Waals surface area contributed by atoms with Gasteiger partial charge in [-0.15, -0.1) is 0 Å². The standard InChI is InChI=1S/C18H27BrN2O2/c1-13(14-7-5-8-15(19)11-14)20-12-16-9-6-10-21(16)17(22)23-18(2,3)4/h5,7-8,11,13,16,20H,6,9-10,12H2,1-4H3/t13-,16?/m1/s1. The van der Waals surface area contributed by atoms with Crippen LogP contribution in [-0.4, -0.2) is 35.7 Å². The van der Waals surface area contributed by atoms with E-state index in [1.54, 1.807) is 0 Å². The molecule has 0 aromatic heterocycles. The van der Waals surface area contributed by atoms with E-state index >= 15 is 0 Å². The molecule has 1 fully saturated rings. The van der Waals surface area contributed by atoms with E-state index in [0.717, 1.165) is 30.4 Å². The Hall–Kier alpha value is -1.07. The summed E-state index contributed by atoms with van der Waals surface area (Å²) in [5.74, 6) is 0. The Morgan fingerprint density at radius 2 is 2.22 bits per heavy atom. The predicted molar refractivity (Wildman–Crippen MR) is 96.5 cm³/mol. The van der Waals surface area contributed by atoms with Gasteiger partial charge in [0.15, 0.2) is 0 Å². The number of carbonyl (C=O) groups is 1. The highest BCUT2D eigenvalue weighted by Gasteiger charge is 2.32. The van der Waals surface area contributed by atoms with Crippen molar-refractivity contribution < 1.29 is 9.53 Å². The van der Waals surface area contributed by atoms with Gasteiger partial charge in [-0.2, -0.15) is 0 Å². The molecule has 2 rings (SSSR count). The number of benzene rings is 1. The van der Waals surface area contributed by atoms with Crippen LogP contribution in [0.3, 0.4) is 0 Å². The van der Waals surface area contributed by atoms with Crippen LogP contribution in [0.4, 0.5) is 4.79 Å². The predicted octanol–water partition coefficient (Wildman–Crippen LogP) is 4.50. The summed E-state index contributed by atoms with van der Waals surface area (Å²) in [7, 11) is 0. The van der Waals surface area contributed by atoms with Crippen molar-refractivity contribution in [2.45, 2.75) is 58.2 Å². The molecule has 0 aliphatic carbocycles. The van der Waals surface area contributed by atoms with Gasteiger partial charge in [0, 0.05) is 29.6 Å². The van der Waals surface area contributed by atoms with Crippen molar-refractivity contribution in [3.05, 3.63) is 34.3 Å². The molecule has 1 aromatic rings. The molecule has 1 aromatic carbocycles. The summed E-state index contributed by atoms with van der Waals surface area (Å²) < 4.78 is 6.60. The van der Waals surface area contributed by atoms with Gasteiger partial charge in [0.2, 0.25) is 0 Å². The number of halogens is 1. The highest BCUT2D eigenvalue weighted by molar-refractivity contribution is 9.10. The van der Waals surface area contributed by atoms with Crippen LogP contribution >= 0.6 is 15.9 Å². The van der Waals surface area contributed by atoms with E-state index in [-0.39, 0.29) is 18.2 Å². The van der Waals surface area contributed by atoms with Crippen LogP contribution in [0.1, 0.15) is 52.1 Å². The topological polar surface area (TPSA) is 41.6 Å². The summed E-state index contributed by atoms with van der Waals surface area (Å²) in [6.07, 6.45) is 1.87. The van der Waals surface area contributed by atoms with Crippen molar-refractivity contribution in [1.29, 1.82) is 0 Å². The highest BCUT2D eigenvalue weighted by atomic mass is 79.9. The first-order valence-corrected chi connectivity index (χ1v) is 9.04. The molecular weight excluding hydrogens is 356 g/mol. The van der Waals surface area contributed by atoms with Crippen LogP contribution < -0.4 is 5.32 Å². The lowest BCUT2D eigenvalue weighted by molar-refractivity contribution is 0.0225. The number of ether oxygens (including phenoxy) is 1. The van der Waals surface area contributed by atoms with Crippen molar-refractivity contribution >= 4 is 22.0 Å². The Bertz CT molecular complexity index is 542. The lowest BCUT2D eigenvalue weighted by atomic mass is 10.1. The fraction of sp³-hybridized carbons (Fsp3) is 0.611. The molecule has 0 spiro atoms. The second-order valence-corrected chi connectivity index (χ2v) is 8.07. The second-order valence-electron chi connectivity index (χ2n) is 7.15. The summed E-state index contributed by atoms with van der Waals surface area (Å²) in [4.78, 5) is 14.2. The smallest absolute Gasteiger partial charge is 0.410 e. The number of likely N-dealkylation sites (tertiary alicyclic amines) is 1. The van der Waals surface area contributed by atoms with E-state index in [1.165, 1.54) is 5.56 Å². The number of rotatable bonds is 4. The van der Waals surface area contributed by atoms with Gasteiger partial charge in [-0.05, 0) is 58.2 Å². The number of nitrogens with zero attached hydrogens (tertiary/aromatic N) is 1. The summed E-state index contributed by atoms with van der Waals surface area (Å²) in [6.45, 7) is 9.44. The largest absolute Gasteiger partial charge is 0.444 e. The van der Waals surface area contributed by atoms with Crippen LogP contribution in [0.25, 0.3) is 0 Å². The van der Waals surface area contributed by atoms with Crippen LogP contribution in [0, 0.1) is 0 Å². The Morgan fingerprint density at radius 3 is 2.87 bits per heavy atom. The van der Waals surface area contributed by atoms with Gasteiger partial charge in [0.25, 0.3) is 0 Å². The van der Waals surface area contributed by atoms with Crippen LogP contribution in [0.15, 0.2) is 28.7 Å². The minimum absolute atomic E-state index is 0.197. The van der Waals surface area contributed by atoms with Gasteiger partial charge < -0.3 is 15.0 Å². The van der Waals surface area contributed by atoms with Gasteiger partial charge in [-0.25, -0.2) is 4.79 Å². The van der Waals surface area contributed by atoms with Crippen LogP contribution in [0.5, 0.6) is 0 Å². The average Bonchev–Trinajstić information content (AvgIpc) is 2.91. The average molecular weight is 383 g/mol. The Kier molecular flexibility index (Phi) is 6.09. The SMILES string of the molecule is C[C@@H](NCC1CCCN1C(=O)OC(C)(C)C)c1cccc(Br)c1. The zero-order chi connectivity index (χ0) is 17.0. The van der Waals surface area contributed by atoms with Crippen LogP contribution in [-0.2, 0) is 4.74 Å². The van der Waals surface area contributed by atoms with Crippen molar-refractivity contribution in [3.63, 3.8) is 0 Å². The Balaban J connectivity index is 1.90. The molecule has 1 unspecified atom stereocenters. The van der Waals surface area contributed by atoms with Gasteiger partial charge in [0.05, 0.1) is 0 Å². The van der Waals surface area contributed by atoms with Crippen molar-refractivity contribution in [2.24, 2.45) is 0 Å². The summed E-state index contributed by atoms with van der Waals surface area (Å²) in [6, 6.07) is 8.76. The molecule has 1 amide bonds. The molecule has 1 saturated heterocycles. The first-order chi connectivity index (χ1) is 10.8. The molecule has 0 radical (unpaired) electrons. The lowest BCUT2D eigenvalue weighted by Crippen LogP contribution is -2.44. The third-order valence-corrected chi connectivity index (χ3v) is 4.51. The molecule has 128 valence electrons. The molecule has 4 nitrogen and oxygen atoms in total. The molecule has 23 heavy (non-hydrogen) atoms. The molecule has 1 aliphatic rings. The maximum absolute atomic E-state index is 12.3. The normalized spacial score (nSPS) is 19.7. The number of carbonyl (C=O) groups excluding carboxylic acids is 1. The van der Waals surface area contributed by atoms with E-state index in [2.05, 4.69) is 40.3 Å². The molecule has 1 aliphatic heterocycles. The van der Waals surface area contributed by atoms with E-state index in [4.69, 9.17) is 4.74 Å². The molecule has 0 saturated carbocycles. The summed E-state index contributed by atoms with van der Waals surface area (Å²) in [5, 5.41) is 3.55. The quantitative estimate of drug-likeness (QED) is 0.833. The zero-order valence-electron chi connectivity index (χ0n) is 14.4. The van der Waals surface area contributed by atoms with Gasteiger partial charge in [-0.3, -0.25) is 0 Å². The van der Waals surface area contributed by atoms with E-state index in [1.807, 2.05) is 37.8 Å². The number of hydrogen-bond acceptors (Lipinski definition) is 3. The summed E-state index contributed by atoms with van der Waals surface area (Å²) >= 11 is 3.51. The van der Waals surface area contributed by atoms with E-state index in [9.17, 15) is 4.79 Å². The van der Waals surface area contributed by atoms with Crippen molar-refractivity contribution in [3.8, 4) is 0 Å². The zero-order valence-corrected chi connectivity index (χ0v) is 16.0. The number of amides is 1. The fourth-order valence-corrected chi connectivity index (χ4v) is 3.23. The first kappa shape index (κ1) is 18.3. The first-order valence-electron chi connectivity index (χ1n) is 8.25. The minimum atomic E-state index is -0.443. The molecule has 2 atom stereocenters. The van der Waals surface area contributed by atoms with E-state index < -0.39 is 5.60 Å². The Morgan fingerprint density at radius 1 is 1.48 bits per heavy atom. The van der Waals surface area contributed by atoms with Crippen LogP contribution in [0.2, 0.25) is 0 Å². The molecular formula is C18H27BrN2O2. The van der Waals surface area contributed by atoms with Gasteiger partial charge >= 0.3 is 6.09 Å². The third-order valence-electron chi connectivity index (χ3n) is 4.01. The van der Waals surface area contributed by atoms with E-state index in [0.29, 0.717) is 0 Å². The number of nitrogens with one attached hydrogen (secondary N) is 1. The van der Waals surface area contributed by atoms with Crippen molar-refractivity contribution in [1.82, 2.24) is 10.2 Å². The summed E-state index contributed by atoms with van der Waals surface area (Å²) in [5.41, 5.74) is 0.794. The molecule has 1 heterocycles. The van der Waals surface area contributed by atoms with Gasteiger partial charge in [-0.1, -0.05) is 28.1 Å².